The van der Waals surface area contributed by atoms with Crippen LogP contribution >= 0.6 is 6.57 Å². The molecule has 0 aromatic rings. The van der Waals surface area contributed by atoms with E-state index in [9.17, 15) is 0 Å². The lowest BCUT2D eigenvalue weighted by Gasteiger charge is -2.51. The van der Waals surface area contributed by atoms with Crippen LogP contribution in [0.3, 0.4) is 0 Å². The van der Waals surface area contributed by atoms with Gasteiger partial charge in [-0.3, -0.25) is 9.09 Å². The Bertz CT molecular complexity index is 356. The molecule has 0 aromatic carbocycles. The Morgan fingerprint density at radius 2 is 1.35 bits per heavy atom. The Balaban J connectivity index is 5.86. The van der Waals surface area contributed by atoms with Gasteiger partial charge in [0, 0.05) is 5.54 Å². The van der Waals surface area contributed by atoms with E-state index in [4.69, 9.17) is 16.3 Å². The standard InChI is InChI=1S/C13H35N2OPSSi2/c1-12(2)16-17(18,14-13(3,4)5)15(19(6,7)8)20(9,10)11/h12H,1-11H3,(H,14,18)/t17-/m1/s1. The molecule has 7 heteroatoms. The van der Waals surface area contributed by atoms with Gasteiger partial charge in [-0.15, -0.1) is 0 Å². The van der Waals surface area contributed by atoms with E-state index in [0.29, 0.717) is 0 Å². The van der Waals surface area contributed by atoms with E-state index in [-0.39, 0.29) is 11.6 Å². The average Bonchev–Trinajstić information content (AvgIpc) is 1.87. The van der Waals surface area contributed by atoms with Gasteiger partial charge >= 0.3 is 0 Å². The largest absolute Gasteiger partial charge is 0.325 e. The van der Waals surface area contributed by atoms with E-state index in [1.165, 1.54) is 0 Å². The maximum absolute atomic E-state index is 6.34. The van der Waals surface area contributed by atoms with Crippen LogP contribution in [0.25, 0.3) is 0 Å². The quantitative estimate of drug-likeness (QED) is 0.536. The molecule has 0 fully saturated rings. The highest BCUT2D eigenvalue weighted by Crippen LogP contribution is 2.55. The van der Waals surface area contributed by atoms with E-state index >= 15 is 0 Å². The summed E-state index contributed by atoms with van der Waals surface area (Å²) in [5.74, 6) is 0. The van der Waals surface area contributed by atoms with Crippen LogP contribution in [-0.2, 0) is 16.3 Å². The predicted octanol–water partition coefficient (Wildman–Crippen LogP) is 5.00. The second kappa shape index (κ2) is 6.61. The smallest absolute Gasteiger partial charge is 0.188 e. The van der Waals surface area contributed by atoms with Gasteiger partial charge in [0.05, 0.1) is 6.10 Å². The highest BCUT2D eigenvalue weighted by atomic mass is 32.5. The van der Waals surface area contributed by atoms with Gasteiger partial charge in [-0.2, -0.15) is 0 Å². The number of rotatable bonds is 6. The Kier molecular flexibility index (Phi) is 6.93. The third kappa shape index (κ3) is 6.82. The molecule has 0 bridgehead atoms. The first-order valence-corrected chi connectivity index (χ1v) is 16.9. The minimum Gasteiger partial charge on any atom is -0.325 e. The highest BCUT2D eigenvalue weighted by molar-refractivity contribution is 8.11. The third-order valence-electron chi connectivity index (χ3n) is 2.36. The molecule has 1 atom stereocenters. The molecular formula is C13H35N2OPSSi2. The second-order valence-corrected chi connectivity index (χ2v) is 22.8. The molecule has 122 valence electrons. The summed E-state index contributed by atoms with van der Waals surface area (Å²) in [5, 5.41) is 3.68. The second-order valence-electron chi connectivity index (χ2n) is 8.69. The maximum Gasteiger partial charge on any atom is 0.188 e. The summed E-state index contributed by atoms with van der Waals surface area (Å²) in [7, 11) is -3.14. The zero-order valence-corrected chi connectivity index (χ0v) is 19.0. The van der Waals surface area contributed by atoms with Crippen molar-refractivity contribution >= 4 is 34.8 Å². The number of nitrogens with zero attached hydrogens (tertiary/aromatic N) is 1. The first-order chi connectivity index (χ1) is 8.49. The van der Waals surface area contributed by atoms with Gasteiger partial charge in [0.1, 0.15) is 16.5 Å². The van der Waals surface area contributed by atoms with E-state index in [0.717, 1.165) is 0 Å². The van der Waals surface area contributed by atoms with Gasteiger partial charge in [0.2, 0.25) is 0 Å². The molecule has 1 N–H and O–H groups in total. The van der Waals surface area contributed by atoms with Crippen LogP contribution in [0, 0.1) is 0 Å². The van der Waals surface area contributed by atoms with Gasteiger partial charge in [-0.1, -0.05) is 39.3 Å². The van der Waals surface area contributed by atoms with Gasteiger partial charge in [-0.25, -0.2) is 0 Å². The SMILES string of the molecule is CC(C)O[P@@](=S)(NC(C)(C)C)N([Si](C)(C)C)[Si](C)(C)C. The Morgan fingerprint density at radius 1 is 1.00 bits per heavy atom. The van der Waals surface area contributed by atoms with Gasteiger partial charge in [-0.05, 0) is 46.4 Å². The lowest BCUT2D eigenvalue weighted by atomic mass is 10.1. The van der Waals surface area contributed by atoms with Crippen molar-refractivity contribution in [3.05, 3.63) is 0 Å². The van der Waals surface area contributed by atoms with Crippen molar-refractivity contribution in [3.63, 3.8) is 0 Å². The summed E-state index contributed by atoms with van der Waals surface area (Å²) < 4.78 is 8.97. The molecule has 20 heavy (non-hydrogen) atoms. The van der Waals surface area contributed by atoms with Gasteiger partial charge < -0.3 is 4.52 Å². The Labute approximate surface area is 134 Å². The van der Waals surface area contributed by atoms with E-state index in [2.05, 4.69) is 83.0 Å². The third-order valence-corrected chi connectivity index (χ3v) is 18.3. The maximum atomic E-state index is 6.34. The fraction of sp³-hybridized carbons (Fsp3) is 1.00. The van der Waals surface area contributed by atoms with E-state index in [1.54, 1.807) is 0 Å². The average molecular weight is 355 g/mol. The fourth-order valence-corrected chi connectivity index (χ4v) is 25.0. The van der Waals surface area contributed by atoms with Crippen molar-refractivity contribution in [3.8, 4) is 0 Å². The number of nitrogens with one attached hydrogen (secondary N) is 1. The molecule has 0 heterocycles. The monoisotopic (exact) mass is 354 g/mol. The molecule has 0 spiro atoms. The molecule has 0 rings (SSSR count). The van der Waals surface area contributed by atoms with Crippen LogP contribution in [-0.4, -0.2) is 32.1 Å². The molecule has 0 aliphatic carbocycles. The van der Waals surface area contributed by atoms with E-state index in [1.807, 2.05) is 0 Å². The Morgan fingerprint density at radius 3 is 1.55 bits per heavy atom. The molecular weight excluding hydrogens is 319 g/mol. The zero-order valence-electron chi connectivity index (χ0n) is 15.3. The summed E-state index contributed by atoms with van der Waals surface area (Å²) in [5.41, 5.74) is -0.0397. The van der Waals surface area contributed by atoms with Gasteiger partial charge in [0.25, 0.3) is 0 Å². The molecule has 0 aliphatic rings. The molecule has 0 unspecified atom stereocenters. The Hall–Kier alpha value is 0.964. The molecule has 3 nitrogen and oxygen atoms in total. The summed E-state index contributed by atoms with van der Waals surface area (Å²) in [6.45, 7) is 22.7. The topological polar surface area (TPSA) is 24.5 Å². The van der Waals surface area contributed by atoms with Crippen molar-refractivity contribution in [2.24, 2.45) is 0 Å². The summed E-state index contributed by atoms with van der Waals surface area (Å²) >= 11 is 6.12. The molecule has 0 aromatic heterocycles. The van der Waals surface area contributed by atoms with Crippen molar-refractivity contribution in [1.82, 2.24) is 9.09 Å². The molecule has 0 saturated carbocycles. The number of hydrogen-bond acceptors (Lipinski definition) is 2. The van der Waals surface area contributed by atoms with Crippen molar-refractivity contribution < 1.29 is 4.52 Å². The first kappa shape index (κ1) is 21.0. The molecule has 0 saturated heterocycles. The highest BCUT2D eigenvalue weighted by Gasteiger charge is 2.45. The van der Waals surface area contributed by atoms with Crippen LogP contribution in [0.2, 0.25) is 39.3 Å². The molecule has 0 amide bonds. The summed E-state index contributed by atoms with van der Waals surface area (Å²) in [4.78, 5) is 0. The van der Waals surface area contributed by atoms with Crippen molar-refractivity contribution in [2.45, 2.75) is 85.5 Å². The predicted molar refractivity (Wildman–Crippen MR) is 102 cm³/mol. The van der Waals surface area contributed by atoms with E-state index < -0.39 is 23.0 Å². The minimum absolute atomic E-state index is 0.0397. The summed E-state index contributed by atoms with van der Waals surface area (Å²) in [6.07, 6.45) is 0.144. The van der Waals surface area contributed by atoms with Crippen LogP contribution in [0.4, 0.5) is 0 Å². The lowest BCUT2D eigenvalue weighted by molar-refractivity contribution is 0.250. The van der Waals surface area contributed by atoms with Crippen LogP contribution in [0.1, 0.15) is 34.6 Å². The fourth-order valence-electron chi connectivity index (χ4n) is 2.63. The first-order valence-electron chi connectivity index (χ1n) is 7.38. The van der Waals surface area contributed by atoms with Crippen LogP contribution in [0.15, 0.2) is 0 Å². The van der Waals surface area contributed by atoms with Gasteiger partial charge in [0.15, 0.2) is 6.57 Å². The summed E-state index contributed by atoms with van der Waals surface area (Å²) in [6, 6.07) is 0. The lowest BCUT2D eigenvalue weighted by Crippen LogP contribution is -2.60. The van der Waals surface area contributed by atoms with Crippen molar-refractivity contribution in [1.29, 1.82) is 0 Å². The van der Waals surface area contributed by atoms with Crippen LogP contribution < -0.4 is 5.09 Å². The minimum atomic E-state index is -2.21. The van der Waals surface area contributed by atoms with Crippen LogP contribution in [0.5, 0.6) is 0 Å². The molecule has 0 aliphatic heterocycles. The normalized spacial score (nSPS) is 17.6. The number of hydrogen-bond donors (Lipinski definition) is 1. The molecule has 0 radical (unpaired) electrons. The zero-order chi connectivity index (χ0) is 16.6. The van der Waals surface area contributed by atoms with Crippen molar-refractivity contribution in [2.75, 3.05) is 0 Å².